The molecule has 1 aliphatic carbocycles. The molecule has 2 aliphatic heterocycles. The molecule has 0 amide bonds. The van der Waals surface area contributed by atoms with Crippen LogP contribution in [-0.2, 0) is 44.6 Å². The molecule has 0 atom stereocenters. The summed E-state index contributed by atoms with van der Waals surface area (Å²) in [4.78, 5) is 29.8. The Bertz CT molecular complexity index is 1390. The predicted octanol–water partition coefficient (Wildman–Crippen LogP) is 5.01. The Balaban J connectivity index is 1.04. The molecule has 0 unspecified atom stereocenters. The molecule has 49 heavy (non-hydrogen) atoms. The van der Waals surface area contributed by atoms with E-state index in [4.69, 9.17) is 28.4 Å². The normalized spacial score (nSPS) is 21.7. The zero-order valence-corrected chi connectivity index (χ0v) is 29.8. The second-order valence-electron chi connectivity index (χ2n) is 13.4. The third-order valence-corrected chi connectivity index (χ3v) is 9.70. The molecule has 10 heteroatoms. The van der Waals surface area contributed by atoms with Crippen LogP contribution in [0.4, 0.5) is 0 Å². The van der Waals surface area contributed by atoms with Gasteiger partial charge in [0.25, 0.3) is 0 Å². The molecule has 2 aromatic carbocycles. The molecule has 268 valence electrons. The van der Waals surface area contributed by atoms with E-state index in [1.54, 1.807) is 6.92 Å². The number of piperazine rings is 1. The molecule has 1 spiro atoms. The lowest BCUT2D eigenvalue weighted by atomic mass is 9.80. The van der Waals surface area contributed by atoms with Crippen molar-refractivity contribution < 1.29 is 38.0 Å². The molecule has 0 N–H and O–H groups in total. The van der Waals surface area contributed by atoms with Crippen LogP contribution in [0.3, 0.4) is 0 Å². The van der Waals surface area contributed by atoms with Gasteiger partial charge in [-0.25, -0.2) is 9.59 Å². The Morgan fingerprint density at radius 3 is 2.14 bits per heavy atom. The number of nitrogens with zero attached hydrogens (tertiary/aromatic N) is 2. The van der Waals surface area contributed by atoms with E-state index in [1.807, 2.05) is 30.3 Å². The minimum absolute atomic E-state index is 0.0170. The average molecular weight is 679 g/mol. The average Bonchev–Trinajstić information content (AvgIpc) is 3.34. The molecule has 2 aromatic rings. The van der Waals surface area contributed by atoms with Gasteiger partial charge in [0.15, 0.2) is 11.4 Å². The molecular formula is C39H54N2O8. The van der Waals surface area contributed by atoms with Crippen LogP contribution in [0, 0.1) is 20.8 Å². The maximum atomic E-state index is 13.6. The van der Waals surface area contributed by atoms with Crippen molar-refractivity contribution >= 4 is 17.5 Å². The van der Waals surface area contributed by atoms with Crippen molar-refractivity contribution in [2.45, 2.75) is 71.7 Å². The summed E-state index contributed by atoms with van der Waals surface area (Å²) >= 11 is 0. The van der Waals surface area contributed by atoms with Crippen molar-refractivity contribution in [3.8, 4) is 0 Å². The first-order valence-electron chi connectivity index (χ1n) is 17.9. The number of benzene rings is 2. The molecule has 2 heterocycles. The van der Waals surface area contributed by atoms with E-state index in [0.717, 1.165) is 74.4 Å². The predicted molar refractivity (Wildman–Crippen MR) is 187 cm³/mol. The van der Waals surface area contributed by atoms with Crippen LogP contribution < -0.4 is 0 Å². The van der Waals surface area contributed by atoms with Gasteiger partial charge in [-0.05, 0) is 75.6 Å². The number of hydrogen-bond acceptors (Lipinski definition) is 10. The molecule has 0 radical (unpaired) electrons. The Morgan fingerprint density at radius 1 is 0.878 bits per heavy atom. The first-order chi connectivity index (χ1) is 23.8. The number of carbonyl (C=O) groups is 2. The van der Waals surface area contributed by atoms with E-state index in [1.165, 1.54) is 5.56 Å². The lowest BCUT2D eigenvalue weighted by Crippen LogP contribution is -2.48. The maximum absolute atomic E-state index is 13.6. The van der Waals surface area contributed by atoms with Gasteiger partial charge in [-0.15, -0.1) is 0 Å². The van der Waals surface area contributed by atoms with Gasteiger partial charge in [0.05, 0.1) is 39.1 Å². The smallest absolute Gasteiger partial charge is 0.343 e. The number of aryl methyl sites for hydroxylation is 3. The Hall–Kier alpha value is -3.28. The number of carbonyl (C=O) groups excluding carboxylic acids is 2. The third-order valence-electron chi connectivity index (χ3n) is 9.70. The van der Waals surface area contributed by atoms with Gasteiger partial charge in [-0.1, -0.05) is 48.0 Å². The molecule has 1 saturated heterocycles. The van der Waals surface area contributed by atoms with Crippen molar-refractivity contribution in [2.24, 2.45) is 0 Å². The number of rotatable bonds is 17. The van der Waals surface area contributed by atoms with E-state index in [2.05, 4.69) is 42.7 Å². The molecule has 0 aromatic heterocycles. The molecule has 0 bridgehead atoms. The molecule has 1 saturated carbocycles. The largest absolute Gasteiger partial charge is 0.488 e. The fraction of sp³-hybridized carbons (Fsp3) is 0.590. The summed E-state index contributed by atoms with van der Waals surface area (Å²) in [6, 6.07) is 14.3. The maximum Gasteiger partial charge on any atom is 0.343 e. The van der Waals surface area contributed by atoms with Crippen molar-refractivity contribution in [1.29, 1.82) is 0 Å². The Labute approximate surface area is 291 Å². The molecule has 2 fully saturated rings. The first-order valence-corrected chi connectivity index (χ1v) is 17.9. The standard InChI is InChI=1S/C39H54N2O8/c1-5-46-34(42)28-45-22-20-41-17-15-40(16-18-41)19-21-44-23-24-47-33-11-13-39(14-12-33)37(48-27-32-9-7-6-8-10-32)36(38(43)49-39)35-30(3)25-29(2)26-31(35)4/h6-10,25-26,33H,5,11-24,27-28H2,1-4H3/t33-,39+. The summed E-state index contributed by atoms with van der Waals surface area (Å²) in [5.74, 6) is 0.0592. The zero-order chi connectivity index (χ0) is 34.6. The van der Waals surface area contributed by atoms with Gasteiger partial charge in [0, 0.05) is 39.3 Å². The highest BCUT2D eigenvalue weighted by Gasteiger charge is 2.52. The van der Waals surface area contributed by atoms with Crippen LogP contribution in [0.25, 0.3) is 5.57 Å². The highest BCUT2D eigenvalue weighted by Crippen LogP contribution is 2.48. The van der Waals surface area contributed by atoms with Crippen LogP contribution in [0.1, 0.15) is 60.4 Å². The highest BCUT2D eigenvalue weighted by atomic mass is 16.6. The van der Waals surface area contributed by atoms with Gasteiger partial charge < -0.3 is 28.4 Å². The minimum atomic E-state index is -0.777. The second-order valence-corrected chi connectivity index (χ2v) is 13.4. The molecule has 3 aliphatic rings. The summed E-state index contributed by atoms with van der Waals surface area (Å²) in [6.45, 7) is 16.7. The summed E-state index contributed by atoms with van der Waals surface area (Å²) in [7, 11) is 0. The van der Waals surface area contributed by atoms with Crippen LogP contribution in [0.2, 0.25) is 0 Å². The van der Waals surface area contributed by atoms with Crippen molar-refractivity contribution in [3.63, 3.8) is 0 Å². The summed E-state index contributed by atoms with van der Waals surface area (Å²) < 4.78 is 35.3. The summed E-state index contributed by atoms with van der Waals surface area (Å²) in [5.41, 5.74) is 5.04. The van der Waals surface area contributed by atoms with Gasteiger partial charge in [-0.2, -0.15) is 0 Å². The van der Waals surface area contributed by atoms with Crippen molar-refractivity contribution in [2.75, 3.05) is 78.9 Å². The van der Waals surface area contributed by atoms with Crippen molar-refractivity contribution in [1.82, 2.24) is 9.80 Å². The molecular weight excluding hydrogens is 624 g/mol. The van der Waals surface area contributed by atoms with Gasteiger partial charge >= 0.3 is 11.9 Å². The monoisotopic (exact) mass is 678 g/mol. The van der Waals surface area contributed by atoms with Crippen LogP contribution in [0.5, 0.6) is 0 Å². The van der Waals surface area contributed by atoms with E-state index in [0.29, 0.717) is 63.8 Å². The third kappa shape index (κ3) is 10.1. The lowest BCUT2D eigenvalue weighted by Gasteiger charge is -2.37. The van der Waals surface area contributed by atoms with Gasteiger partial charge in [0.2, 0.25) is 0 Å². The molecule has 5 rings (SSSR count). The van der Waals surface area contributed by atoms with E-state index in [-0.39, 0.29) is 24.6 Å². The lowest BCUT2D eigenvalue weighted by molar-refractivity contribution is -0.154. The molecule has 10 nitrogen and oxygen atoms in total. The first kappa shape index (κ1) is 37.0. The van der Waals surface area contributed by atoms with Gasteiger partial charge in [0.1, 0.15) is 18.8 Å². The topological polar surface area (TPSA) is 96.0 Å². The van der Waals surface area contributed by atoms with Crippen LogP contribution in [-0.4, -0.2) is 112 Å². The van der Waals surface area contributed by atoms with E-state index >= 15 is 0 Å². The van der Waals surface area contributed by atoms with E-state index in [9.17, 15) is 9.59 Å². The fourth-order valence-corrected chi connectivity index (χ4v) is 7.23. The number of ether oxygens (including phenoxy) is 6. The minimum Gasteiger partial charge on any atom is -0.488 e. The summed E-state index contributed by atoms with van der Waals surface area (Å²) in [6.07, 6.45) is 2.96. The number of hydrogen-bond donors (Lipinski definition) is 0. The van der Waals surface area contributed by atoms with Crippen LogP contribution in [0.15, 0.2) is 48.2 Å². The van der Waals surface area contributed by atoms with Gasteiger partial charge in [-0.3, -0.25) is 9.80 Å². The second kappa shape index (κ2) is 18.1. The highest BCUT2D eigenvalue weighted by molar-refractivity contribution is 6.20. The Morgan fingerprint density at radius 2 is 1.51 bits per heavy atom. The zero-order valence-electron chi connectivity index (χ0n) is 29.8. The SMILES string of the molecule is CCOC(=O)COCCN1CCN(CCOCCO[C@H]2CC[C@]3(CC2)OC(=O)C(c2c(C)cc(C)cc2C)=C3OCc2ccccc2)CC1. The summed E-state index contributed by atoms with van der Waals surface area (Å²) in [5, 5.41) is 0. The quantitative estimate of drug-likeness (QED) is 0.168. The fourth-order valence-electron chi connectivity index (χ4n) is 7.23. The van der Waals surface area contributed by atoms with Crippen molar-refractivity contribution in [3.05, 3.63) is 76.0 Å². The van der Waals surface area contributed by atoms with Crippen LogP contribution >= 0.6 is 0 Å². The number of esters is 2. The Kier molecular flexibility index (Phi) is 13.7. The van der Waals surface area contributed by atoms with E-state index < -0.39 is 5.60 Å².